The van der Waals surface area contributed by atoms with Crippen molar-refractivity contribution in [1.29, 1.82) is 0 Å². The summed E-state index contributed by atoms with van der Waals surface area (Å²) < 4.78 is 21.0. The van der Waals surface area contributed by atoms with Gasteiger partial charge in [0.2, 0.25) is 0 Å². The first kappa shape index (κ1) is 11.6. The SMILES string of the molecule is CN(C)S(N)(=O)=O.[H-].[Na+]. The van der Waals surface area contributed by atoms with Crippen LogP contribution < -0.4 is 34.7 Å². The van der Waals surface area contributed by atoms with Crippen LogP contribution in [0.4, 0.5) is 0 Å². The standard InChI is InChI=1S/C2H8N2O2S.Na.H/c1-4(2)7(3,5)6;;/h1-2H3,(H2,3,5,6);;/q;+1;-1. The van der Waals surface area contributed by atoms with Gasteiger partial charge in [0.05, 0.1) is 0 Å². The fraction of sp³-hybridized carbons (Fsp3) is 1.00. The fourth-order valence-corrected chi connectivity index (χ4v) is 0. The molecule has 2 N–H and O–H groups in total. The molecule has 0 unspecified atom stereocenters. The molecule has 0 spiro atoms. The van der Waals surface area contributed by atoms with Crippen LogP contribution in [0, 0.1) is 0 Å². The first-order chi connectivity index (χ1) is 2.94. The molecule has 0 rings (SSSR count). The van der Waals surface area contributed by atoms with E-state index in [1.165, 1.54) is 14.1 Å². The van der Waals surface area contributed by atoms with Crippen molar-refractivity contribution in [2.75, 3.05) is 14.1 Å². The number of hydrogen-bond donors (Lipinski definition) is 1. The molecule has 0 saturated heterocycles. The van der Waals surface area contributed by atoms with E-state index in [-0.39, 0.29) is 31.0 Å². The number of nitrogens with zero attached hydrogens (tertiary/aromatic N) is 1. The summed E-state index contributed by atoms with van der Waals surface area (Å²) in [6, 6.07) is 0. The van der Waals surface area contributed by atoms with Crippen LogP contribution in [0.2, 0.25) is 0 Å². The Morgan fingerprint density at radius 1 is 1.50 bits per heavy atom. The van der Waals surface area contributed by atoms with Crippen molar-refractivity contribution in [2.24, 2.45) is 5.14 Å². The van der Waals surface area contributed by atoms with E-state index in [9.17, 15) is 8.42 Å². The summed E-state index contributed by atoms with van der Waals surface area (Å²) in [5, 5.41) is 4.58. The van der Waals surface area contributed by atoms with Gasteiger partial charge in [0.25, 0.3) is 10.2 Å². The molecule has 0 aromatic rings. The first-order valence-electron chi connectivity index (χ1n) is 1.65. The Kier molecular flexibility index (Phi) is 5.55. The maximum absolute atomic E-state index is 10.0. The van der Waals surface area contributed by atoms with Crippen molar-refractivity contribution in [3.8, 4) is 0 Å². The van der Waals surface area contributed by atoms with Gasteiger partial charge in [-0.15, -0.1) is 0 Å². The minimum Gasteiger partial charge on any atom is -1.00 e. The average Bonchev–Trinajstić information content (AvgIpc) is 1.31. The Morgan fingerprint density at radius 3 is 1.62 bits per heavy atom. The summed E-state index contributed by atoms with van der Waals surface area (Å²) >= 11 is 0. The van der Waals surface area contributed by atoms with Gasteiger partial charge in [-0.2, -0.15) is 12.7 Å². The molecule has 0 bridgehead atoms. The van der Waals surface area contributed by atoms with Crippen LogP contribution in [-0.2, 0) is 10.2 Å². The largest absolute Gasteiger partial charge is 1.00 e. The number of hydrogen-bond acceptors (Lipinski definition) is 2. The minimum atomic E-state index is -3.41. The van der Waals surface area contributed by atoms with E-state index >= 15 is 0 Å². The Bertz CT molecular complexity index is 145. The Morgan fingerprint density at radius 2 is 1.62 bits per heavy atom. The van der Waals surface area contributed by atoms with Crippen LogP contribution in [0.3, 0.4) is 0 Å². The molecule has 0 fully saturated rings. The van der Waals surface area contributed by atoms with E-state index in [0.717, 1.165) is 4.31 Å². The van der Waals surface area contributed by atoms with E-state index in [1.54, 1.807) is 0 Å². The monoisotopic (exact) mass is 148 g/mol. The molecule has 0 amide bonds. The molecule has 46 valence electrons. The van der Waals surface area contributed by atoms with Crippen LogP contribution in [0.15, 0.2) is 0 Å². The Balaban J connectivity index is -0.000000180. The van der Waals surface area contributed by atoms with Gasteiger partial charge in [-0.3, -0.25) is 0 Å². The van der Waals surface area contributed by atoms with Gasteiger partial charge >= 0.3 is 29.6 Å². The van der Waals surface area contributed by atoms with Gasteiger partial charge in [-0.1, -0.05) is 0 Å². The molecule has 0 heterocycles. The topological polar surface area (TPSA) is 63.4 Å². The third-order valence-corrected chi connectivity index (χ3v) is 1.53. The zero-order valence-electron chi connectivity index (χ0n) is 6.25. The van der Waals surface area contributed by atoms with E-state index in [2.05, 4.69) is 5.14 Å². The van der Waals surface area contributed by atoms with Crippen molar-refractivity contribution < 1.29 is 39.4 Å². The van der Waals surface area contributed by atoms with Gasteiger partial charge in [0, 0.05) is 14.1 Å². The Hall–Kier alpha value is 0.870. The van der Waals surface area contributed by atoms with Gasteiger partial charge in [-0.25, -0.2) is 5.14 Å². The molecule has 0 aromatic heterocycles. The third-order valence-electron chi connectivity index (χ3n) is 0.509. The summed E-state index contributed by atoms with van der Waals surface area (Å²) in [5.41, 5.74) is 0. The van der Waals surface area contributed by atoms with Gasteiger partial charge < -0.3 is 1.43 Å². The second-order valence-corrected chi connectivity index (χ2v) is 3.09. The zero-order valence-corrected chi connectivity index (χ0v) is 8.07. The molecule has 0 aliphatic rings. The van der Waals surface area contributed by atoms with Crippen LogP contribution in [0.1, 0.15) is 1.43 Å². The molecule has 0 aromatic carbocycles. The van der Waals surface area contributed by atoms with Crippen LogP contribution in [-0.4, -0.2) is 26.8 Å². The minimum absolute atomic E-state index is 0. The Labute approximate surface area is 73.0 Å². The molecule has 0 radical (unpaired) electrons. The smallest absolute Gasteiger partial charge is 1.00 e. The maximum atomic E-state index is 10.0. The van der Waals surface area contributed by atoms with Crippen LogP contribution >= 0.6 is 0 Å². The molecular weight excluding hydrogens is 139 g/mol. The van der Waals surface area contributed by atoms with Gasteiger partial charge in [0.1, 0.15) is 0 Å². The maximum Gasteiger partial charge on any atom is 1.00 e. The molecule has 0 aliphatic heterocycles. The van der Waals surface area contributed by atoms with E-state index in [1.807, 2.05) is 0 Å². The summed E-state index contributed by atoms with van der Waals surface area (Å²) in [4.78, 5) is 0. The summed E-state index contributed by atoms with van der Waals surface area (Å²) in [5.74, 6) is 0. The van der Waals surface area contributed by atoms with Gasteiger partial charge in [0.15, 0.2) is 0 Å². The van der Waals surface area contributed by atoms with Crippen molar-refractivity contribution >= 4 is 10.2 Å². The molecular formula is C2H9N2NaO2S. The molecule has 0 atom stereocenters. The average molecular weight is 148 g/mol. The summed E-state index contributed by atoms with van der Waals surface area (Å²) in [7, 11) is -0.667. The van der Waals surface area contributed by atoms with Crippen molar-refractivity contribution in [1.82, 2.24) is 4.31 Å². The predicted molar refractivity (Wildman–Crippen MR) is 27.9 cm³/mol. The predicted octanol–water partition coefficient (Wildman–Crippen LogP) is -4.13. The van der Waals surface area contributed by atoms with Crippen molar-refractivity contribution in [3.05, 3.63) is 0 Å². The first-order valence-corrected chi connectivity index (χ1v) is 3.15. The third kappa shape index (κ3) is 5.02. The van der Waals surface area contributed by atoms with Gasteiger partial charge in [-0.05, 0) is 0 Å². The number of rotatable bonds is 1. The molecule has 8 heavy (non-hydrogen) atoms. The fourth-order valence-electron chi connectivity index (χ4n) is 0. The quantitative estimate of drug-likeness (QED) is 0.384. The normalized spacial score (nSPS) is 11.0. The zero-order chi connectivity index (χ0) is 6.08. The second-order valence-electron chi connectivity index (χ2n) is 1.33. The number of nitrogens with two attached hydrogens (primary N) is 1. The van der Waals surface area contributed by atoms with E-state index in [0.29, 0.717) is 0 Å². The molecule has 4 nitrogen and oxygen atoms in total. The van der Waals surface area contributed by atoms with Crippen LogP contribution in [0.5, 0.6) is 0 Å². The van der Waals surface area contributed by atoms with Crippen molar-refractivity contribution in [3.63, 3.8) is 0 Å². The summed E-state index contributed by atoms with van der Waals surface area (Å²) in [6.45, 7) is 0. The summed E-state index contributed by atoms with van der Waals surface area (Å²) in [6.07, 6.45) is 0. The molecule has 6 heteroatoms. The molecule has 0 saturated carbocycles. The van der Waals surface area contributed by atoms with E-state index < -0.39 is 10.2 Å². The van der Waals surface area contributed by atoms with Crippen molar-refractivity contribution in [2.45, 2.75) is 0 Å². The van der Waals surface area contributed by atoms with Crippen LogP contribution in [0.25, 0.3) is 0 Å². The molecule has 0 aliphatic carbocycles. The second kappa shape index (κ2) is 3.81. The van der Waals surface area contributed by atoms with E-state index in [4.69, 9.17) is 0 Å².